The number of pyridine rings is 1. The smallest absolute Gasteiger partial charge is 0.256 e. The van der Waals surface area contributed by atoms with Crippen LogP contribution in [0.1, 0.15) is 34.3 Å². The van der Waals surface area contributed by atoms with Crippen molar-refractivity contribution < 1.29 is 19.0 Å². The number of rotatable bonds is 5. The predicted octanol–water partition coefficient (Wildman–Crippen LogP) is 3.00. The van der Waals surface area contributed by atoms with Gasteiger partial charge in [0.2, 0.25) is 5.88 Å². The minimum Gasteiger partial charge on any atom is -0.495 e. The average molecular weight is 354 g/mol. The maximum absolute atomic E-state index is 12.8. The molecule has 1 fully saturated rings. The molecule has 136 valence electrons. The largest absolute Gasteiger partial charge is 0.495 e. The first-order valence-corrected chi connectivity index (χ1v) is 8.95. The Labute approximate surface area is 152 Å². The molecule has 1 aliphatic heterocycles. The molecule has 4 rings (SSSR count). The molecule has 6 nitrogen and oxygen atoms in total. The average Bonchev–Trinajstić information content (AvgIpc) is 3.34. The van der Waals surface area contributed by atoms with Crippen LogP contribution in [0.25, 0.3) is 0 Å². The Morgan fingerprint density at radius 1 is 1.31 bits per heavy atom. The number of benzene rings is 1. The first-order valence-electron chi connectivity index (χ1n) is 8.95. The van der Waals surface area contributed by atoms with Gasteiger partial charge >= 0.3 is 0 Å². The van der Waals surface area contributed by atoms with Crippen LogP contribution in [-0.4, -0.2) is 37.3 Å². The van der Waals surface area contributed by atoms with E-state index in [9.17, 15) is 4.79 Å². The van der Waals surface area contributed by atoms with Crippen LogP contribution in [0.5, 0.6) is 11.6 Å². The number of carbonyl (C=O) groups is 1. The van der Waals surface area contributed by atoms with Gasteiger partial charge in [0.1, 0.15) is 11.9 Å². The molecule has 1 aliphatic carbocycles. The molecule has 2 heterocycles. The van der Waals surface area contributed by atoms with Gasteiger partial charge in [0.05, 0.1) is 26.0 Å². The number of aromatic nitrogens is 1. The van der Waals surface area contributed by atoms with E-state index in [0.717, 1.165) is 31.4 Å². The van der Waals surface area contributed by atoms with E-state index in [1.165, 1.54) is 11.1 Å². The van der Waals surface area contributed by atoms with Crippen molar-refractivity contribution in [3.63, 3.8) is 0 Å². The Balaban J connectivity index is 1.54. The summed E-state index contributed by atoms with van der Waals surface area (Å²) in [5.74, 6) is 0.935. The summed E-state index contributed by atoms with van der Waals surface area (Å²) in [6.45, 7) is 1.26. The van der Waals surface area contributed by atoms with Gasteiger partial charge in [-0.3, -0.25) is 4.79 Å². The van der Waals surface area contributed by atoms with Crippen LogP contribution in [-0.2, 0) is 17.6 Å². The number of methoxy groups -OCH3 is 1. The quantitative estimate of drug-likeness (QED) is 0.894. The summed E-state index contributed by atoms with van der Waals surface area (Å²) in [7, 11) is 1.62. The van der Waals surface area contributed by atoms with Gasteiger partial charge in [-0.15, -0.1) is 0 Å². The van der Waals surface area contributed by atoms with Crippen molar-refractivity contribution in [2.24, 2.45) is 0 Å². The number of hydrogen-bond acceptors (Lipinski definition) is 5. The summed E-state index contributed by atoms with van der Waals surface area (Å²) in [6.07, 6.45) is 5.52. The van der Waals surface area contributed by atoms with Crippen molar-refractivity contribution in [1.82, 2.24) is 4.98 Å². The molecule has 1 aromatic heterocycles. The van der Waals surface area contributed by atoms with Crippen molar-refractivity contribution in [2.75, 3.05) is 25.6 Å². The van der Waals surface area contributed by atoms with E-state index in [0.29, 0.717) is 30.4 Å². The van der Waals surface area contributed by atoms with Crippen molar-refractivity contribution in [1.29, 1.82) is 0 Å². The van der Waals surface area contributed by atoms with Crippen LogP contribution in [0.4, 0.5) is 5.69 Å². The first-order chi connectivity index (χ1) is 12.7. The molecule has 1 amide bonds. The van der Waals surface area contributed by atoms with Crippen molar-refractivity contribution in [3.05, 3.63) is 47.2 Å². The van der Waals surface area contributed by atoms with E-state index in [1.807, 2.05) is 6.07 Å². The second-order valence-corrected chi connectivity index (χ2v) is 6.57. The lowest BCUT2D eigenvalue weighted by molar-refractivity contribution is 0.102. The predicted molar refractivity (Wildman–Crippen MR) is 97.1 cm³/mol. The van der Waals surface area contributed by atoms with Gasteiger partial charge in [0.25, 0.3) is 5.91 Å². The monoisotopic (exact) mass is 354 g/mol. The van der Waals surface area contributed by atoms with Crippen LogP contribution in [0, 0.1) is 0 Å². The lowest BCUT2D eigenvalue weighted by Crippen LogP contribution is -2.18. The SMILES string of the molecule is COc1ccc2c(c1NC(=O)c1ccnc(O[C@H]3CCOC3)c1)CCC2. The van der Waals surface area contributed by atoms with E-state index in [2.05, 4.69) is 16.4 Å². The van der Waals surface area contributed by atoms with E-state index in [-0.39, 0.29) is 12.0 Å². The molecule has 0 unspecified atom stereocenters. The van der Waals surface area contributed by atoms with Crippen LogP contribution in [0.3, 0.4) is 0 Å². The number of aryl methyl sites for hydroxylation is 1. The van der Waals surface area contributed by atoms with Crippen LogP contribution >= 0.6 is 0 Å². The molecule has 0 radical (unpaired) electrons. The molecule has 1 atom stereocenters. The number of nitrogens with one attached hydrogen (secondary N) is 1. The lowest BCUT2D eigenvalue weighted by Gasteiger charge is -2.15. The fourth-order valence-electron chi connectivity index (χ4n) is 3.53. The topological polar surface area (TPSA) is 69.7 Å². The summed E-state index contributed by atoms with van der Waals surface area (Å²) >= 11 is 0. The number of carbonyl (C=O) groups excluding carboxylic acids is 1. The molecule has 1 N–H and O–H groups in total. The van der Waals surface area contributed by atoms with Gasteiger partial charge in [0.15, 0.2) is 0 Å². The maximum Gasteiger partial charge on any atom is 0.256 e. The van der Waals surface area contributed by atoms with Crippen LogP contribution in [0.2, 0.25) is 0 Å². The highest BCUT2D eigenvalue weighted by molar-refractivity contribution is 6.05. The Hall–Kier alpha value is -2.60. The van der Waals surface area contributed by atoms with E-state index in [4.69, 9.17) is 14.2 Å². The van der Waals surface area contributed by atoms with Gasteiger partial charge in [-0.25, -0.2) is 4.98 Å². The number of fused-ring (bicyclic) bond motifs is 1. The standard InChI is InChI=1S/C20H22N2O4/c1-24-17-6-5-13-3-2-4-16(13)19(17)22-20(23)14-7-9-21-18(11-14)26-15-8-10-25-12-15/h5-7,9,11,15H,2-4,8,10,12H2,1H3,(H,22,23)/t15-/m0/s1. The van der Waals surface area contributed by atoms with Gasteiger partial charge in [0, 0.05) is 24.2 Å². The van der Waals surface area contributed by atoms with E-state index >= 15 is 0 Å². The molecule has 26 heavy (non-hydrogen) atoms. The van der Waals surface area contributed by atoms with Gasteiger partial charge in [-0.1, -0.05) is 6.07 Å². The van der Waals surface area contributed by atoms with E-state index in [1.54, 1.807) is 25.4 Å². The highest BCUT2D eigenvalue weighted by Gasteiger charge is 2.22. The maximum atomic E-state index is 12.8. The molecule has 1 saturated heterocycles. The summed E-state index contributed by atoms with van der Waals surface area (Å²) in [5, 5.41) is 3.03. The molecule has 6 heteroatoms. The van der Waals surface area contributed by atoms with Crippen molar-refractivity contribution >= 4 is 11.6 Å². The summed E-state index contributed by atoms with van der Waals surface area (Å²) < 4.78 is 16.6. The minimum absolute atomic E-state index is 0.00158. The summed E-state index contributed by atoms with van der Waals surface area (Å²) in [6, 6.07) is 7.35. The Bertz CT molecular complexity index is 815. The molecule has 0 spiro atoms. The Morgan fingerprint density at radius 3 is 3.04 bits per heavy atom. The van der Waals surface area contributed by atoms with E-state index < -0.39 is 0 Å². The molecular weight excluding hydrogens is 332 g/mol. The van der Waals surface area contributed by atoms with Crippen molar-refractivity contribution in [3.8, 4) is 11.6 Å². The highest BCUT2D eigenvalue weighted by Crippen LogP contribution is 2.36. The van der Waals surface area contributed by atoms with Crippen LogP contribution < -0.4 is 14.8 Å². The number of ether oxygens (including phenoxy) is 3. The van der Waals surface area contributed by atoms with Gasteiger partial charge in [-0.05, 0) is 42.5 Å². The molecule has 2 aromatic rings. The minimum atomic E-state index is -0.196. The molecule has 2 aliphatic rings. The Kier molecular flexibility index (Phi) is 4.75. The Morgan fingerprint density at radius 2 is 2.23 bits per heavy atom. The van der Waals surface area contributed by atoms with Gasteiger partial charge in [-0.2, -0.15) is 0 Å². The third-order valence-electron chi connectivity index (χ3n) is 4.88. The molecule has 0 bridgehead atoms. The number of hydrogen-bond donors (Lipinski definition) is 1. The number of anilines is 1. The lowest BCUT2D eigenvalue weighted by atomic mass is 10.1. The first kappa shape index (κ1) is 16.8. The fraction of sp³-hybridized carbons (Fsp3) is 0.400. The number of nitrogens with zero attached hydrogens (tertiary/aromatic N) is 1. The zero-order valence-corrected chi connectivity index (χ0v) is 14.8. The fourth-order valence-corrected chi connectivity index (χ4v) is 3.53. The highest BCUT2D eigenvalue weighted by atomic mass is 16.5. The third kappa shape index (κ3) is 3.37. The second kappa shape index (κ2) is 7.33. The van der Waals surface area contributed by atoms with Crippen LogP contribution in [0.15, 0.2) is 30.5 Å². The normalized spacial score (nSPS) is 18.4. The summed E-state index contributed by atoms with van der Waals surface area (Å²) in [5.41, 5.74) is 3.73. The zero-order valence-electron chi connectivity index (χ0n) is 14.8. The van der Waals surface area contributed by atoms with Crippen molar-refractivity contribution in [2.45, 2.75) is 31.8 Å². The summed E-state index contributed by atoms with van der Waals surface area (Å²) in [4.78, 5) is 17.0. The third-order valence-corrected chi connectivity index (χ3v) is 4.88. The zero-order chi connectivity index (χ0) is 17.9. The molecule has 0 saturated carbocycles. The van der Waals surface area contributed by atoms with Gasteiger partial charge < -0.3 is 19.5 Å². The molecular formula is C20H22N2O4. The number of amides is 1. The second-order valence-electron chi connectivity index (χ2n) is 6.57. The molecule has 1 aromatic carbocycles.